The van der Waals surface area contributed by atoms with Gasteiger partial charge in [0.05, 0.1) is 12.7 Å². The number of carbonyl (C=O) groups excluding carboxylic acids is 1. The van der Waals surface area contributed by atoms with Crippen LogP contribution in [0.5, 0.6) is 5.75 Å². The second kappa shape index (κ2) is 7.85. The number of fused-ring (bicyclic) bond motifs is 1. The molecule has 0 aliphatic heterocycles. The number of benzene rings is 3. The molecule has 132 valence electrons. The van der Waals surface area contributed by atoms with Gasteiger partial charge in [-0.05, 0) is 59.7 Å². The maximum atomic E-state index is 12.6. The minimum absolute atomic E-state index is 0.227. The van der Waals surface area contributed by atoms with E-state index in [2.05, 4.69) is 26.6 Å². The summed E-state index contributed by atoms with van der Waals surface area (Å²) in [5.74, 6) is 0.198. The van der Waals surface area contributed by atoms with Crippen molar-refractivity contribution in [3.63, 3.8) is 0 Å². The first-order valence-electron chi connectivity index (χ1n) is 7.93. The topological polar surface area (TPSA) is 50.4 Å². The molecule has 0 atom stereocenters. The molecule has 0 fully saturated rings. The highest BCUT2D eigenvalue weighted by Crippen LogP contribution is 2.27. The van der Waals surface area contributed by atoms with E-state index in [0.717, 1.165) is 26.5 Å². The molecule has 0 saturated carbocycles. The van der Waals surface area contributed by atoms with Crippen LogP contribution in [0.3, 0.4) is 0 Å². The lowest BCUT2D eigenvalue weighted by Crippen LogP contribution is -2.34. The Balaban J connectivity index is 1.76. The molecule has 0 spiro atoms. The number of anilines is 1. The molecule has 3 aromatic carbocycles. The number of ether oxygens (including phenoxy) is 1. The van der Waals surface area contributed by atoms with E-state index in [4.69, 9.17) is 17.0 Å². The normalized spacial score (nSPS) is 10.4. The molecule has 3 rings (SSSR count). The summed E-state index contributed by atoms with van der Waals surface area (Å²) in [6.45, 7) is 1.88. The van der Waals surface area contributed by atoms with Gasteiger partial charge in [0.1, 0.15) is 5.75 Å². The summed E-state index contributed by atoms with van der Waals surface area (Å²) in [5, 5.41) is 8.21. The van der Waals surface area contributed by atoms with Crippen LogP contribution in [-0.4, -0.2) is 18.1 Å². The summed E-state index contributed by atoms with van der Waals surface area (Å²) >= 11 is 8.69. The Bertz CT molecular complexity index is 1000. The monoisotopic (exact) mass is 428 g/mol. The molecule has 0 saturated heterocycles. The first kappa shape index (κ1) is 18.4. The molecule has 3 aromatic rings. The first-order valence-corrected chi connectivity index (χ1v) is 9.13. The average molecular weight is 429 g/mol. The smallest absolute Gasteiger partial charge is 0.261 e. The van der Waals surface area contributed by atoms with E-state index >= 15 is 0 Å². The fourth-order valence-corrected chi connectivity index (χ4v) is 3.55. The number of rotatable bonds is 3. The van der Waals surface area contributed by atoms with Crippen molar-refractivity contribution in [2.75, 3.05) is 12.4 Å². The fraction of sp³-hybridized carbons (Fsp3) is 0.100. The molecule has 26 heavy (non-hydrogen) atoms. The Morgan fingerprint density at radius 1 is 1.08 bits per heavy atom. The van der Waals surface area contributed by atoms with Crippen LogP contribution in [0.1, 0.15) is 15.9 Å². The zero-order valence-corrected chi connectivity index (χ0v) is 16.7. The number of halogens is 1. The lowest BCUT2D eigenvalue weighted by atomic mass is 10.1. The van der Waals surface area contributed by atoms with E-state index in [1.807, 2.05) is 55.5 Å². The van der Waals surface area contributed by atoms with E-state index in [0.29, 0.717) is 11.3 Å². The number of nitrogens with one attached hydrogen (secondary N) is 2. The number of carbonyl (C=O) groups is 1. The maximum absolute atomic E-state index is 12.6. The second-order valence-corrected chi connectivity index (χ2v) is 7.10. The van der Waals surface area contributed by atoms with Gasteiger partial charge in [0.15, 0.2) is 5.11 Å². The molecule has 0 heterocycles. The van der Waals surface area contributed by atoms with Crippen LogP contribution >= 0.6 is 28.1 Å². The fourth-order valence-electron chi connectivity index (χ4n) is 2.77. The van der Waals surface area contributed by atoms with E-state index in [1.54, 1.807) is 13.2 Å². The van der Waals surface area contributed by atoms with Crippen LogP contribution in [0.2, 0.25) is 0 Å². The molecule has 0 aliphatic rings. The standard InChI is InChI=1S/C20H17BrN2O2S/c1-12-9-15(21)11-17(18(12)25-2)19(24)23-20(26)22-16-8-7-13-5-3-4-6-14(13)10-16/h3-11H,1-2H3,(H2,22,23,24,26). The van der Waals surface area contributed by atoms with Crippen LogP contribution in [0.25, 0.3) is 10.8 Å². The molecule has 4 nitrogen and oxygen atoms in total. The highest BCUT2D eigenvalue weighted by atomic mass is 79.9. The lowest BCUT2D eigenvalue weighted by molar-refractivity contribution is 0.0974. The molecule has 0 bridgehead atoms. The molecule has 0 unspecified atom stereocenters. The first-order chi connectivity index (χ1) is 12.5. The summed E-state index contributed by atoms with van der Waals surface area (Å²) in [4.78, 5) is 12.6. The maximum Gasteiger partial charge on any atom is 0.261 e. The minimum Gasteiger partial charge on any atom is -0.496 e. The van der Waals surface area contributed by atoms with Crippen molar-refractivity contribution >= 4 is 55.6 Å². The molecule has 6 heteroatoms. The number of methoxy groups -OCH3 is 1. The highest BCUT2D eigenvalue weighted by molar-refractivity contribution is 9.10. The van der Waals surface area contributed by atoms with E-state index in [1.165, 1.54) is 0 Å². The Labute approximate surface area is 165 Å². The van der Waals surface area contributed by atoms with Gasteiger partial charge in [0, 0.05) is 10.2 Å². The number of hydrogen-bond acceptors (Lipinski definition) is 3. The third-order valence-corrected chi connectivity index (χ3v) is 4.58. The number of hydrogen-bond donors (Lipinski definition) is 2. The zero-order valence-electron chi connectivity index (χ0n) is 14.3. The van der Waals surface area contributed by atoms with Crippen LogP contribution in [-0.2, 0) is 0 Å². The van der Waals surface area contributed by atoms with Crippen LogP contribution in [0, 0.1) is 6.92 Å². The Hall–Kier alpha value is -2.44. The van der Waals surface area contributed by atoms with Gasteiger partial charge < -0.3 is 10.1 Å². The van der Waals surface area contributed by atoms with Crippen molar-refractivity contribution in [1.82, 2.24) is 5.32 Å². The van der Waals surface area contributed by atoms with Crippen LogP contribution in [0.15, 0.2) is 59.1 Å². The van der Waals surface area contributed by atoms with Crippen molar-refractivity contribution in [2.45, 2.75) is 6.92 Å². The molecule has 0 aliphatic carbocycles. The van der Waals surface area contributed by atoms with Crippen LogP contribution in [0.4, 0.5) is 5.69 Å². The van der Waals surface area contributed by atoms with Gasteiger partial charge in [-0.2, -0.15) is 0 Å². The minimum atomic E-state index is -0.329. The van der Waals surface area contributed by atoms with Crippen molar-refractivity contribution in [2.24, 2.45) is 0 Å². The summed E-state index contributed by atoms with van der Waals surface area (Å²) in [6.07, 6.45) is 0. The molecular weight excluding hydrogens is 412 g/mol. The summed E-state index contributed by atoms with van der Waals surface area (Å²) in [6, 6.07) is 17.5. The largest absolute Gasteiger partial charge is 0.496 e. The van der Waals surface area contributed by atoms with Crippen molar-refractivity contribution in [1.29, 1.82) is 0 Å². The number of thiocarbonyl (C=S) groups is 1. The molecule has 0 aromatic heterocycles. The average Bonchev–Trinajstić information content (AvgIpc) is 2.60. The Morgan fingerprint density at radius 3 is 2.54 bits per heavy atom. The van der Waals surface area contributed by atoms with Crippen molar-refractivity contribution in [3.8, 4) is 5.75 Å². The zero-order chi connectivity index (χ0) is 18.7. The molecule has 0 radical (unpaired) electrons. The van der Waals surface area contributed by atoms with Crippen molar-refractivity contribution in [3.05, 3.63) is 70.2 Å². The van der Waals surface area contributed by atoms with E-state index < -0.39 is 0 Å². The predicted octanol–water partition coefficient (Wildman–Crippen LogP) is 5.05. The van der Waals surface area contributed by atoms with Gasteiger partial charge in [-0.3, -0.25) is 10.1 Å². The number of amides is 1. The predicted molar refractivity (Wildman–Crippen MR) is 113 cm³/mol. The third-order valence-electron chi connectivity index (χ3n) is 3.92. The molecule has 1 amide bonds. The van der Waals surface area contributed by atoms with Crippen LogP contribution < -0.4 is 15.4 Å². The van der Waals surface area contributed by atoms with Gasteiger partial charge in [0.25, 0.3) is 5.91 Å². The quantitative estimate of drug-likeness (QED) is 0.573. The SMILES string of the molecule is COc1c(C)cc(Br)cc1C(=O)NC(=S)Nc1ccc2ccccc2c1. The van der Waals surface area contributed by atoms with Gasteiger partial charge in [-0.1, -0.05) is 46.3 Å². The van der Waals surface area contributed by atoms with Gasteiger partial charge in [-0.15, -0.1) is 0 Å². The van der Waals surface area contributed by atoms with Crippen molar-refractivity contribution < 1.29 is 9.53 Å². The molecule has 2 N–H and O–H groups in total. The second-order valence-electron chi connectivity index (χ2n) is 5.77. The van der Waals surface area contributed by atoms with Gasteiger partial charge in [-0.25, -0.2) is 0 Å². The Kier molecular flexibility index (Phi) is 5.54. The number of aryl methyl sites for hydroxylation is 1. The summed E-state index contributed by atoms with van der Waals surface area (Å²) in [5.41, 5.74) is 2.09. The summed E-state index contributed by atoms with van der Waals surface area (Å²) < 4.78 is 6.16. The summed E-state index contributed by atoms with van der Waals surface area (Å²) in [7, 11) is 1.54. The van der Waals surface area contributed by atoms with E-state index in [-0.39, 0.29) is 11.0 Å². The lowest BCUT2D eigenvalue weighted by Gasteiger charge is -2.14. The Morgan fingerprint density at radius 2 is 1.81 bits per heavy atom. The molecular formula is C20H17BrN2O2S. The highest BCUT2D eigenvalue weighted by Gasteiger charge is 2.16. The van der Waals surface area contributed by atoms with E-state index in [9.17, 15) is 4.79 Å². The third kappa shape index (κ3) is 4.03. The van der Waals surface area contributed by atoms with Gasteiger partial charge >= 0.3 is 0 Å². The van der Waals surface area contributed by atoms with Gasteiger partial charge in [0.2, 0.25) is 0 Å².